The Hall–Kier alpha value is -5.06. The van der Waals surface area contributed by atoms with Gasteiger partial charge in [0, 0.05) is 33.1 Å². The average molecular weight is 650 g/mol. The number of carbonyl (C=O) groups is 1. The van der Waals surface area contributed by atoms with Crippen LogP contribution in [-0.4, -0.2) is 28.3 Å². The monoisotopic (exact) mass is 649 g/mol. The van der Waals surface area contributed by atoms with Crippen molar-refractivity contribution in [2.24, 2.45) is 4.99 Å². The van der Waals surface area contributed by atoms with E-state index in [2.05, 4.69) is 0 Å². The number of benzene rings is 3. The molecule has 1 aliphatic rings. The van der Waals surface area contributed by atoms with Crippen molar-refractivity contribution in [2.45, 2.75) is 19.5 Å². The lowest BCUT2D eigenvalue weighted by atomic mass is 9.97. The van der Waals surface area contributed by atoms with E-state index in [9.17, 15) is 14.0 Å². The molecule has 0 unspecified atom stereocenters. The van der Waals surface area contributed by atoms with E-state index in [1.807, 2.05) is 89.0 Å². The van der Waals surface area contributed by atoms with Crippen molar-refractivity contribution < 1.29 is 18.7 Å². The van der Waals surface area contributed by atoms with Crippen molar-refractivity contribution in [1.29, 1.82) is 0 Å². The van der Waals surface area contributed by atoms with Gasteiger partial charge in [0.05, 0.1) is 29.0 Å². The molecule has 1 atom stereocenters. The zero-order valence-corrected chi connectivity index (χ0v) is 26.4. The summed E-state index contributed by atoms with van der Waals surface area (Å²) in [6.45, 7) is 2.70. The van der Waals surface area contributed by atoms with Gasteiger partial charge in [-0.1, -0.05) is 78.1 Å². The lowest BCUT2D eigenvalue weighted by molar-refractivity contribution is -0.138. The van der Waals surface area contributed by atoms with Gasteiger partial charge in [0.15, 0.2) is 16.4 Å². The van der Waals surface area contributed by atoms with Crippen molar-refractivity contribution in [3.63, 3.8) is 0 Å². The summed E-state index contributed by atoms with van der Waals surface area (Å²) < 4.78 is 29.5. The fourth-order valence-electron chi connectivity index (χ4n) is 5.69. The van der Waals surface area contributed by atoms with E-state index in [0.29, 0.717) is 27.1 Å². The standard InChI is InChI=1S/C36H28FN3O4S2/c1-2-43-35(42)31-32(23-11-4-3-5-12-23)38-36-40(33(31)29-17-10-20-45-29)34(41)30(46-36)21-24-22-39(27-15-8-6-13-25(24)27)18-19-44-28-16-9-7-14-26(28)37/h3-17,20-22,33H,2,18-19H2,1H3/b30-21-/t33-/m1/s1. The minimum absolute atomic E-state index is 0.196. The normalized spacial score (nSPS) is 14.7. The van der Waals surface area contributed by atoms with Crippen LogP contribution in [0.3, 0.4) is 0 Å². The molecule has 0 radical (unpaired) electrons. The maximum atomic E-state index is 14.2. The number of nitrogens with zero attached hydrogens (tertiary/aromatic N) is 3. The number of thiophene rings is 1. The number of hydrogen-bond acceptors (Lipinski definition) is 7. The molecule has 0 spiro atoms. The van der Waals surface area contributed by atoms with Crippen molar-refractivity contribution in [3.05, 3.63) is 150 Å². The third-order valence-corrected chi connectivity index (χ3v) is 9.63. The largest absolute Gasteiger partial charge is 0.489 e. The molecule has 46 heavy (non-hydrogen) atoms. The number of carbonyl (C=O) groups excluding carboxylic acids is 1. The van der Waals surface area contributed by atoms with E-state index in [4.69, 9.17) is 14.5 Å². The molecular weight excluding hydrogens is 622 g/mol. The number of para-hydroxylation sites is 2. The minimum Gasteiger partial charge on any atom is -0.489 e. The Kier molecular flexibility index (Phi) is 8.21. The van der Waals surface area contributed by atoms with Gasteiger partial charge in [-0.2, -0.15) is 0 Å². The van der Waals surface area contributed by atoms with E-state index in [1.54, 1.807) is 29.7 Å². The maximum absolute atomic E-state index is 14.2. The van der Waals surface area contributed by atoms with Gasteiger partial charge in [-0.15, -0.1) is 11.3 Å². The van der Waals surface area contributed by atoms with E-state index < -0.39 is 17.8 Å². The molecule has 0 saturated heterocycles. The number of halogens is 1. The van der Waals surface area contributed by atoms with Gasteiger partial charge < -0.3 is 14.0 Å². The lowest BCUT2D eigenvalue weighted by Gasteiger charge is -2.24. The van der Waals surface area contributed by atoms with E-state index in [1.165, 1.54) is 28.7 Å². The Bertz CT molecular complexity index is 2270. The molecule has 0 amide bonds. The van der Waals surface area contributed by atoms with Crippen molar-refractivity contribution in [3.8, 4) is 5.75 Å². The number of rotatable bonds is 9. The second-order valence-electron chi connectivity index (χ2n) is 10.5. The first kappa shape index (κ1) is 29.6. The second-order valence-corrected chi connectivity index (χ2v) is 12.5. The molecule has 0 bridgehead atoms. The Labute approximate surface area is 271 Å². The zero-order chi connectivity index (χ0) is 31.6. The first-order chi connectivity index (χ1) is 22.5. The van der Waals surface area contributed by atoms with Gasteiger partial charge in [0.1, 0.15) is 12.6 Å². The predicted octanol–water partition coefficient (Wildman–Crippen LogP) is 6.17. The highest BCUT2D eigenvalue weighted by atomic mass is 32.1. The molecule has 230 valence electrons. The fourth-order valence-corrected chi connectivity index (χ4v) is 7.50. The van der Waals surface area contributed by atoms with Gasteiger partial charge >= 0.3 is 5.97 Å². The summed E-state index contributed by atoms with van der Waals surface area (Å²) in [6, 6.07) is 26.9. The quantitative estimate of drug-likeness (QED) is 0.176. The summed E-state index contributed by atoms with van der Waals surface area (Å²) >= 11 is 2.76. The maximum Gasteiger partial charge on any atom is 0.338 e. The summed E-state index contributed by atoms with van der Waals surface area (Å²) in [5.74, 6) is -0.700. The highest BCUT2D eigenvalue weighted by Gasteiger charge is 2.35. The van der Waals surface area contributed by atoms with Gasteiger partial charge in [-0.05, 0) is 42.6 Å². The summed E-state index contributed by atoms with van der Waals surface area (Å²) in [7, 11) is 0. The van der Waals surface area contributed by atoms with Crippen LogP contribution in [0.25, 0.3) is 22.7 Å². The van der Waals surface area contributed by atoms with Crippen LogP contribution in [0, 0.1) is 5.82 Å². The molecule has 4 heterocycles. The third-order valence-electron chi connectivity index (χ3n) is 7.72. The molecule has 7 nitrogen and oxygen atoms in total. The van der Waals surface area contributed by atoms with Crippen LogP contribution >= 0.6 is 22.7 Å². The number of hydrogen-bond donors (Lipinski definition) is 0. The molecule has 6 aromatic rings. The molecule has 0 fully saturated rings. The smallest absolute Gasteiger partial charge is 0.338 e. The Morgan fingerprint density at radius 1 is 1.00 bits per heavy atom. The van der Waals surface area contributed by atoms with Crippen LogP contribution in [0.5, 0.6) is 5.75 Å². The zero-order valence-electron chi connectivity index (χ0n) is 24.8. The minimum atomic E-state index is -0.690. The highest BCUT2D eigenvalue weighted by Crippen LogP contribution is 2.37. The van der Waals surface area contributed by atoms with Crippen LogP contribution in [0.1, 0.15) is 29.0 Å². The molecule has 0 saturated carbocycles. The number of ether oxygens (including phenoxy) is 2. The molecule has 10 heteroatoms. The Morgan fingerprint density at radius 2 is 1.78 bits per heavy atom. The summed E-state index contributed by atoms with van der Waals surface area (Å²) in [4.78, 5) is 34.1. The first-order valence-electron chi connectivity index (χ1n) is 14.8. The van der Waals surface area contributed by atoms with Crippen LogP contribution in [0.4, 0.5) is 4.39 Å². The van der Waals surface area contributed by atoms with Crippen molar-refractivity contribution in [2.75, 3.05) is 13.2 Å². The Balaban J connectivity index is 1.35. The first-order valence-corrected chi connectivity index (χ1v) is 16.5. The summed E-state index contributed by atoms with van der Waals surface area (Å²) in [5, 5.41) is 2.90. The molecule has 7 rings (SSSR count). The number of fused-ring (bicyclic) bond motifs is 2. The molecule has 3 aromatic heterocycles. The van der Waals surface area contributed by atoms with E-state index in [-0.39, 0.29) is 24.5 Å². The van der Waals surface area contributed by atoms with Crippen LogP contribution in [-0.2, 0) is 16.1 Å². The fraction of sp³-hybridized carbons (Fsp3) is 0.139. The molecule has 0 N–H and O–H groups in total. The Morgan fingerprint density at radius 3 is 2.57 bits per heavy atom. The van der Waals surface area contributed by atoms with Crippen LogP contribution in [0.2, 0.25) is 0 Å². The van der Waals surface area contributed by atoms with Crippen molar-refractivity contribution in [1.82, 2.24) is 9.13 Å². The topological polar surface area (TPSA) is 74.8 Å². The second kappa shape index (κ2) is 12.7. The van der Waals surface area contributed by atoms with Crippen LogP contribution < -0.4 is 19.6 Å². The van der Waals surface area contributed by atoms with Gasteiger partial charge in [-0.25, -0.2) is 14.2 Å². The predicted molar refractivity (Wildman–Crippen MR) is 179 cm³/mol. The van der Waals surface area contributed by atoms with Gasteiger partial charge in [-0.3, -0.25) is 9.36 Å². The SMILES string of the molecule is CCOC(=O)C1=C(c2ccccc2)N=c2s/c(=C\c3cn(CCOc4ccccc4F)c4ccccc34)c(=O)n2[C@@H]1c1cccs1. The average Bonchev–Trinajstić information content (AvgIpc) is 3.81. The third kappa shape index (κ3) is 5.50. The number of thiazole rings is 1. The van der Waals surface area contributed by atoms with E-state index >= 15 is 0 Å². The molecular formula is C36H28FN3O4S2. The van der Waals surface area contributed by atoms with E-state index in [0.717, 1.165) is 26.9 Å². The molecule has 0 aliphatic carbocycles. The molecule has 3 aromatic carbocycles. The van der Waals surface area contributed by atoms with Gasteiger partial charge in [0.2, 0.25) is 0 Å². The van der Waals surface area contributed by atoms with Crippen LogP contribution in [0.15, 0.2) is 118 Å². The van der Waals surface area contributed by atoms with Crippen molar-refractivity contribution >= 4 is 51.3 Å². The number of esters is 1. The lowest BCUT2D eigenvalue weighted by Crippen LogP contribution is -2.39. The highest BCUT2D eigenvalue weighted by molar-refractivity contribution is 7.10. The van der Waals surface area contributed by atoms with Gasteiger partial charge in [0.25, 0.3) is 5.56 Å². The number of aromatic nitrogens is 2. The molecule has 1 aliphatic heterocycles. The summed E-state index contributed by atoms with van der Waals surface area (Å²) in [5.41, 5.74) is 3.18. The summed E-state index contributed by atoms with van der Waals surface area (Å²) in [6.07, 6.45) is 3.85.